The van der Waals surface area contributed by atoms with Gasteiger partial charge in [-0.3, -0.25) is 30.6 Å². The van der Waals surface area contributed by atoms with Crippen molar-refractivity contribution in [1.82, 2.24) is 15.7 Å². The van der Waals surface area contributed by atoms with Crippen molar-refractivity contribution >= 4 is 55.5 Å². The minimum Gasteiger partial charge on any atom is -0.282 e. The lowest BCUT2D eigenvalue weighted by Crippen LogP contribution is -2.28. The van der Waals surface area contributed by atoms with Crippen LogP contribution in [0.1, 0.15) is 0 Å². The van der Waals surface area contributed by atoms with E-state index in [2.05, 4.69) is 21.2 Å². The van der Waals surface area contributed by atoms with E-state index >= 15 is 0 Å². The number of carbonyl (C=O) groups excluding carboxylic acids is 3. The molecule has 7 nitrogen and oxygen atoms in total. The van der Waals surface area contributed by atoms with Crippen LogP contribution < -0.4 is 16.2 Å². The predicted octanol–water partition coefficient (Wildman–Crippen LogP) is 1.61. The van der Waals surface area contributed by atoms with Gasteiger partial charge in [-0.15, -0.1) is 0 Å². The lowest BCUT2D eigenvalue weighted by Gasteiger charge is -2.01. The first kappa shape index (κ1) is 13.6. The predicted molar refractivity (Wildman–Crippen MR) is 80.6 cm³/mol. The van der Waals surface area contributed by atoms with Crippen LogP contribution in [0.2, 0.25) is 0 Å². The Balaban J connectivity index is 1.64. The fraction of sp³-hybridized carbons (Fsp3) is 0. The maximum Gasteiger partial charge on any atom is 0.290 e. The van der Waals surface area contributed by atoms with Gasteiger partial charge in [-0.1, -0.05) is 23.5 Å². The summed E-state index contributed by atoms with van der Waals surface area (Å²) in [5.41, 5.74) is 5.90. The number of nitrogens with one attached hydrogen (secondary N) is 3. The second kappa shape index (κ2) is 5.54. The van der Waals surface area contributed by atoms with Gasteiger partial charge in [0.25, 0.3) is 17.1 Å². The summed E-state index contributed by atoms with van der Waals surface area (Å²) in [6.45, 7) is 0. The van der Waals surface area contributed by atoms with E-state index in [9.17, 15) is 14.4 Å². The van der Waals surface area contributed by atoms with Crippen LogP contribution in [0.15, 0.2) is 35.2 Å². The Hall–Kier alpha value is -2.39. The van der Waals surface area contributed by atoms with Crippen LogP contribution in [0.3, 0.4) is 0 Å². The van der Waals surface area contributed by atoms with E-state index < -0.39 is 17.1 Å². The number of anilines is 1. The van der Waals surface area contributed by atoms with E-state index in [-0.39, 0.29) is 4.91 Å². The summed E-state index contributed by atoms with van der Waals surface area (Å²) in [6.07, 6.45) is 1.06. The molecular weight excluding hydrogens is 312 g/mol. The number of imide groups is 1. The topological polar surface area (TPSA) is 100 Å². The molecule has 1 aliphatic heterocycles. The van der Waals surface area contributed by atoms with Gasteiger partial charge < -0.3 is 0 Å². The van der Waals surface area contributed by atoms with Gasteiger partial charge in [0.1, 0.15) is 0 Å². The lowest BCUT2D eigenvalue weighted by atomic mass is 10.3. The lowest BCUT2D eigenvalue weighted by molar-refractivity contribution is -0.118. The van der Waals surface area contributed by atoms with Crippen molar-refractivity contribution in [1.29, 1.82) is 0 Å². The van der Waals surface area contributed by atoms with Gasteiger partial charge in [0.05, 0.1) is 15.1 Å². The third kappa shape index (κ3) is 3.03. The molecule has 0 spiro atoms. The Morgan fingerprint density at radius 2 is 2.10 bits per heavy atom. The molecule has 106 valence electrons. The standard InChI is InChI=1S/C12H8N4O3S2/c17-9(5-8-10(18)14-12(19)21-8)15-16-11-13-6-3-1-2-4-7(6)20-11/h1-5H,(H,13,16)(H,15,17)(H,14,18,19)/b8-5-. The summed E-state index contributed by atoms with van der Waals surface area (Å²) in [4.78, 5) is 38.2. The van der Waals surface area contributed by atoms with Crippen LogP contribution >= 0.6 is 23.1 Å². The van der Waals surface area contributed by atoms with Crippen LogP contribution in [0.4, 0.5) is 9.93 Å². The first-order chi connectivity index (χ1) is 10.1. The van der Waals surface area contributed by atoms with E-state index in [4.69, 9.17) is 0 Å². The van der Waals surface area contributed by atoms with Crippen molar-refractivity contribution in [3.8, 4) is 0 Å². The normalized spacial score (nSPS) is 16.3. The number of hydrogen-bond acceptors (Lipinski definition) is 7. The minimum atomic E-state index is -0.569. The second-order valence-corrected chi connectivity index (χ2v) is 6.00. The van der Waals surface area contributed by atoms with Crippen LogP contribution in [0.25, 0.3) is 10.2 Å². The summed E-state index contributed by atoms with van der Waals surface area (Å²) < 4.78 is 0.990. The van der Waals surface area contributed by atoms with Gasteiger partial charge in [-0.25, -0.2) is 4.98 Å². The Bertz CT molecular complexity index is 751. The van der Waals surface area contributed by atoms with Crippen LogP contribution in [-0.2, 0) is 9.59 Å². The van der Waals surface area contributed by atoms with E-state index in [1.165, 1.54) is 11.3 Å². The van der Waals surface area contributed by atoms with Gasteiger partial charge in [0.2, 0.25) is 5.13 Å². The Morgan fingerprint density at radius 1 is 1.29 bits per heavy atom. The molecule has 1 aromatic carbocycles. The molecule has 0 bridgehead atoms. The summed E-state index contributed by atoms with van der Waals surface area (Å²) in [6, 6.07) is 7.57. The van der Waals surface area contributed by atoms with Crippen molar-refractivity contribution in [2.24, 2.45) is 0 Å². The molecule has 1 aliphatic rings. The number of fused-ring (bicyclic) bond motifs is 1. The summed E-state index contributed by atoms with van der Waals surface area (Å²) in [5, 5.41) is 2.11. The third-order valence-electron chi connectivity index (χ3n) is 2.49. The molecular formula is C12H8N4O3S2. The smallest absolute Gasteiger partial charge is 0.282 e. The highest BCUT2D eigenvalue weighted by atomic mass is 32.2. The quantitative estimate of drug-likeness (QED) is 0.587. The van der Waals surface area contributed by atoms with Crippen molar-refractivity contribution in [3.05, 3.63) is 35.2 Å². The second-order valence-electron chi connectivity index (χ2n) is 3.95. The van der Waals surface area contributed by atoms with Crippen molar-refractivity contribution in [2.75, 3.05) is 5.43 Å². The van der Waals surface area contributed by atoms with Gasteiger partial charge in [-0.2, -0.15) is 0 Å². The molecule has 1 saturated heterocycles. The number of aromatic nitrogens is 1. The fourth-order valence-electron chi connectivity index (χ4n) is 1.62. The largest absolute Gasteiger partial charge is 0.290 e. The van der Waals surface area contributed by atoms with Crippen LogP contribution in [0, 0.1) is 0 Å². The van der Waals surface area contributed by atoms with E-state index in [0.717, 1.165) is 16.3 Å². The maximum atomic E-state index is 11.7. The summed E-state index contributed by atoms with van der Waals surface area (Å²) in [7, 11) is 0. The zero-order chi connectivity index (χ0) is 14.8. The number of hydrazine groups is 1. The molecule has 0 radical (unpaired) electrons. The highest BCUT2D eigenvalue weighted by Gasteiger charge is 2.25. The van der Waals surface area contributed by atoms with E-state index in [1.807, 2.05) is 24.3 Å². The third-order valence-corrected chi connectivity index (χ3v) is 4.25. The Kier molecular flexibility index (Phi) is 3.59. The van der Waals surface area contributed by atoms with Crippen molar-refractivity contribution < 1.29 is 14.4 Å². The van der Waals surface area contributed by atoms with Gasteiger partial charge in [0, 0.05) is 6.08 Å². The maximum absolute atomic E-state index is 11.7. The average molecular weight is 320 g/mol. The first-order valence-electron chi connectivity index (χ1n) is 5.78. The van der Waals surface area contributed by atoms with Crippen molar-refractivity contribution in [2.45, 2.75) is 0 Å². The number of carbonyl (C=O) groups is 3. The Labute approximate surface area is 126 Å². The number of hydrogen-bond donors (Lipinski definition) is 3. The Morgan fingerprint density at radius 3 is 2.81 bits per heavy atom. The highest BCUT2D eigenvalue weighted by Crippen LogP contribution is 2.25. The molecule has 2 heterocycles. The molecule has 0 unspecified atom stereocenters. The highest BCUT2D eigenvalue weighted by molar-refractivity contribution is 8.18. The monoisotopic (exact) mass is 320 g/mol. The zero-order valence-corrected chi connectivity index (χ0v) is 12.0. The van der Waals surface area contributed by atoms with Crippen LogP contribution in [-0.4, -0.2) is 22.0 Å². The fourth-order valence-corrected chi connectivity index (χ4v) is 3.09. The SMILES string of the molecule is O=C(/C=C1\SC(=O)NC1=O)NNc1nc2ccccc2s1. The molecule has 1 fully saturated rings. The van der Waals surface area contributed by atoms with Gasteiger partial charge in [-0.05, 0) is 23.9 Å². The zero-order valence-electron chi connectivity index (χ0n) is 10.4. The molecule has 2 aromatic rings. The number of benzene rings is 1. The molecule has 3 rings (SSSR count). The molecule has 0 aliphatic carbocycles. The van der Waals surface area contributed by atoms with Gasteiger partial charge >= 0.3 is 0 Å². The first-order valence-corrected chi connectivity index (χ1v) is 7.41. The number of amides is 3. The van der Waals surface area contributed by atoms with Crippen LogP contribution in [0.5, 0.6) is 0 Å². The van der Waals surface area contributed by atoms with E-state index in [0.29, 0.717) is 16.9 Å². The minimum absolute atomic E-state index is 0.0589. The summed E-state index contributed by atoms with van der Waals surface area (Å²) in [5.74, 6) is -1.11. The van der Waals surface area contributed by atoms with E-state index in [1.54, 1.807) is 0 Å². The molecule has 0 atom stereocenters. The number of nitrogens with zero attached hydrogens (tertiary/aromatic N) is 1. The molecule has 3 amide bonds. The molecule has 21 heavy (non-hydrogen) atoms. The molecule has 0 saturated carbocycles. The van der Waals surface area contributed by atoms with Gasteiger partial charge in [0.15, 0.2) is 0 Å². The summed E-state index contributed by atoms with van der Waals surface area (Å²) >= 11 is 2.07. The molecule has 9 heteroatoms. The number of rotatable bonds is 3. The molecule has 3 N–H and O–H groups in total. The molecule has 1 aromatic heterocycles. The number of para-hydroxylation sites is 1. The van der Waals surface area contributed by atoms with Crippen molar-refractivity contribution in [3.63, 3.8) is 0 Å². The number of thioether (sulfide) groups is 1. The number of thiazole rings is 1. The average Bonchev–Trinajstić information content (AvgIpc) is 2.99.